The van der Waals surface area contributed by atoms with Crippen molar-refractivity contribution in [3.8, 4) is 11.5 Å². The van der Waals surface area contributed by atoms with Gasteiger partial charge in [0.2, 0.25) is 5.78 Å². The maximum absolute atomic E-state index is 13.0. The van der Waals surface area contributed by atoms with E-state index in [0.717, 1.165) is 24.8 Å². The Morgan fingerprint density at radius 2 is 1.97 bits per heavy atom. The van der Waals surface area contributed by atoms with Gasteiger partial charge >= 0.3 is 0 Å². The van der Waals surface area contributed by atoms with E-state index in [2.05, 4.69) is 13.8 Å². The molecule has 168 valence electrons. The number of hydrogen-bond acceptors (Lipinski definition) is 7. The van der Waals surface area contributed by atoms with Crippen molar-refractivity contribution in [2.24, 2.45) is 5.92 Å². The summed E-state index contributed by atoms with van der Waals surface area (Å²) in [6, 6.07) is 6.91. The van der Waals surface area contributed by atoms with Crippen LogP contribution in [0.25, 0.3) is 0 Å². The Kier molecular flexibility index (Phi) is 6.36. The predicted octanol–water partition coefficient (Wildman–Crippen LogP) is 4.54. The highest BCUT2D eigenvalue weighted by Gasteiger charge is 2.48. The standard InChI is InChI=1S/C24H30O7/c1-24(2)18-8-7-16(29-13-26-3)12-17(18)22-20(30-14-27-4)10-15(11-21(22)31-24)23(25)19-6-5-9-28-19/h5-6,9-11,16-18H,7-8,12-14H2,1-4H3/t16-,17-,18-/m1/s1. The lowest BCUT2D eigenvalue weighted by Crippen LogP contribution is -2.48. The molecule has 1 saturated carbocycles. The molecule has 0 spiro atoms. The normalized spacial score (nSPS) is 24.1. The Balaban J connectivity index is 1.76. The van der Waals surface area contributed by atoms with Crippen LogP contribution in [-0.2, 0) is 14.2 Å². The van der Waals surface area contributed by atoms with Gasteiger partial charge in [-0.05, 0) is 57.4 Å². The predicted molar refractivity (Wildman–Crippen MR) is 113 cm³/mol. The van der Waals surface area contributed by atoms with Gasteiger partial charge in [-0.15, -0.1) is 0 Å². The first-order valence-corrected chi connectivity index (χ1v) is 10.6. The van der Waals surface area contributed by atoms with Crippen LogP contribution in [0, 0.1) is 5.92 Å². The molecular weight excluding hydrogens is 400 g/mol. The molecule has 0 bridgehead atoms. The molecule has 1 aliphatic carbocycles. The van der Waals surface area contributed by atoms with Crippen molar-refractivity contribution in [1.29, 1.82) is 0 Å². The maximum Gasteiger partial charge on any atom is 0.228 e. The Morgan fingerprint density at radius 3 is 2.68 bits per heavy atom. The average molecular weight is 430 g/mol. The molecule has 2 aromatic rings. The van der Waals surface area contributed by atoms with Crippen LogP contribution in [0.5, 0.6) is 11.5 Å². The molecule has 0 unspecified atom stereocenters. The van der Waals surface area contributed by atoms with Gasteiger partial charge in [-0.2, -0.15) is 0 Å². The van der Waals surface area contributed by atoms with Crippen LogP contribution >= 0.6 is 0 Å². The molecule has 4 rings (SSSR count). The molecule has 0 N–H and O–H groups in total. The van der Waals surface area contributed by atoms with Gasteiger partial charge in [0.15, 0.2) is 12.6 Å². The zero-order valence-electron chi connectivity index (χ0n) is 18.5. The third-order valence-electron chi connectivity index (χ3n) is 6.30. The van der Waals surface area contributed by atoms with Gasteiger partial charge in [0.05, 0.1) is 12.4 Å². The number of hydrogen-bond donors (Lipinski definition) is 0. The molecular formula is C24H30O7. The van der Waals surface area contributed by atoms with Gasteiger partial charge in [-0.3, -0.25) is 4.79 Å². The molecule has 7 heteroatoms. The fourth-order valence-electron chi connectivity index (χ4n) is 4.93. The summed E-state index contributed by atoms with van der Waals surface area (Å²) in [5.74, 6) is 1.81. The summed E-state index contributed by atoms with van der Waals surface area (Å²) in [5.41, 5.74) is 1.05. The Labute approximate surface area is 182 Å². The van der Waals surface area contributed by atoms with Crippen molar-refractivity contribution in [2.45, 2.75) is 50.7 Å². The highest BCUT2D eigenvalue weighted by atomic mass is 16.7. The van der Waals surface area contributed by atoms with Gasteiger partial charge < -0.3 is 28.1 Å². The number of furan rings is 1. The van der Waals surface area contributed by atoms with Crippen molar-refractivity contribution in [1.82, 2.24) is 0 Å². The van der Waals surface area contributed by atoms with E-state index in [1.165, 1.54) is 6.26 Å². The van der Waals surface area contributed by atoms with Gasteiger partial charge in [0.25, 0.3) is 0 Å². The van der Waals surface area contributed by atoms with E-state index in [4.69, 9.17) is 28.1 Å². The average Bonchev–Trinajstić information content (AvgIpc) is 3.29. The number of methoxy groups -OCH3 is 2. The minimum Gasteiger partial charge on any atom is -0.487 e. The number of carbonyl (C=O) groups excluding carboxylic acids is 1. The molecule has 2 heterocycles. The Bertz CT molecular complexity index is 903. The molecule has 1 aromatic heterocycles. The summed E-state index contributed by atoms with van der Waals surface area (Å²) in [7, 11) is 3.20. The third-order valence-corrected chi connectivity index (χ3v) is 6.30. The summed E-state index contributed by atoms with van der Waals surface area (Å²) in [6.45, 7) is 4.58. The van der Waals surface area contributed by atoms with Crippen molar-refractivity contribution in [3.05, 3.63) is 47.4 Å². The number of ketones is 1. The van der Waals surface area contributed by atoms with Crippen molar-refractivity contribution in [2.75, 3.05) is 27.8 Å². The Hall–Kier alpha value is -2.35. The second kappa shape index (κ2) is 9.02. The molecule has 31 heavy (non-hydrogen) atoms. The van der Waals surface area contributed by atoms with Crippen LogP contribution in [-0.4, -0.2) is 45.3 Å². The van der Waals surface area contributed by atoms with E-state index in [9.17, 15) is 4.79 Å². The van der Waals surface area contributed by atoms with E-state index >= 15 is 0 Å². The molecule has 3 atom stereocenters. The number of carbonyl (C=O) groups is 1. The minimum atomic E-state index is -0.380. The summed E-state index contributed by atoms with van der Waals surface area (Å²) < 4.78 is 33.9. The lowest BCUT2D eigenvalue weighted by Gasteiger charge is -2.49. The van der Waals surface area contributed by atoms with Gasteiger partial charge in [0.1, 0.15) is 23.9 Å². The Morgan fingerprint density at radius 1 is 1.16 bits per heavy atom. The van der Waals surface area contributed by atoms with Crippen LogP contribution in [0.1, 0.15) is 60.7 Å². The second-order valence-corrected chi connectivity index (χ2v) is 8.67. The number of ether oxygens (including phenoxy) is 5. The van der Waals surface area contributed by atoms with Crippen molar-refractivity contribution in [3.63, 3.8) is 0 Å². The zero-order valence-corrected chi connectivity index (χ0v) is 18.5. The van der Waals surface area contributed by atoms with Crippen LogP contribution in [0.15, 0.2) is 34.9 Å². The van der Waals surface area contributed by atoms with Gasteiger partial charge in [0, 0.05) is 37.2 Å². The molecule has 1 aromatic carbocycles. The van der Waals surface area contributed by atoms with Crippen LogP contribution in [0.4, 0.5) is 0 Å². The van der Waals surface area contributed by atoms with Crippen molar-refractivity contribution >= 4 is 5.78 Å². The second-order valence-electron chi connectivity index (χ2n) is 8.67. The van der Waals surface area contributed by atoms with E-state index in [0.29, 0.717) is 23.0 Å². The SMILES string of the molecule is COCOc1cc(C(=O)c2ccco2)cc2c1[C@@H]1C[C@H](OCOC)CC[C@H]1C(C)(C)O2. The highest BCUT2D eigenvalue weighted by molar-refractivity contribution is 6.07. The minimum absolute atomic E-state index is 0.0786. The van der Waals surface area contributed by atoms with Gasteiger partial charge in [-0.25, -0.2) is 0 Å². The zero-order chi connectivity index (χ0) is 22.0. The maximum atomic E-state index is 13.0. The van der Waals surface area contributed by atoms with E-state index in [1.807, 2.05) is 0 Å². The lowest BCUT2D eigenvalue weighted by atomic mass is 9.65. The van der Waals surface area contributed by atoms with E-state index < -0.39 is 0 Å². The first-order chi connectivity index (χ1) is 14.9. The monoisotopic (exact) mass is 430 g/mol. The third kappa shape index (κ3) is 4.35. The molecule has 0 amide bonds. The smallest absolute Gasteiger partial charge is 0.228 e. The summed E-state index contributed by atoms with van der Waals surface area (Å²) in [4.78, 5) is 13.0. The largest absolute Gasteiger partial charge is 0.487 e. The summed E-state index contributed by atoms with van der Waals surface area (Å²) in [5, 5.41) is 0. The van der Waals surface area contributed by atoms with Crippen LogP contribution in [0.3, 0.4) is 0 Å². The summed E-state index contributed by atoms with van der Waals surface area (Å²) >= 11 is 0. The number of rotatable bonds is 8. The molecule has 7 nitrogen and oxygen atoms in total. The van der Waals surface area contributed by atoms with Crippen molar-refractivity contribution < 1.29 is 32.9 Å². The first kappa shape index (κ1) is 21.9. The molecule has 1 aliphatic heterocycles. The van der Waals surface area contributed by atoms with E-state index in [1.54, 1.807) is 38.5 Å². The molecule has 0 radical (unpaired) electrons. The lowest BCUT2D eigenvalue weighted by molar-refractivity contribution is -0.105. The van der Waals surface area contributed by atoms with Crippen LogP contribution < -0.4 is 9.47 Å². The molecule has 0 saturated heterocycles. The molecule has 2 aliphatic rings. The highest BCUT2D eigenvalue weighted by Crippen LogP contribution is 2.55. The topological polar surface area (TPSA) is 76.4 Å². The molecule has 1 fully saturated rings. The van der Waals surface area contributed by atoms with Gasteiger partial charge in [-0.1, -0.05) is 0 Å². The summed E-state index contributed by atoms with van der Waals surface area (Å²) in [6.07, 6.45) is 4.35. The van der Waals surface area contributed by atoms with Crippen LogP contribution in [0.2, 0.25) is 0 Å². The quantitative estimate of drug-likeness (QED) is 0.450. The fraction of sp³-hybridized carbons (Fsp3) is 0.542. The fourth-order valence-corrected chi connectivity index (χ4v) is 4.93. The number of benzene rings is 1. The number of fused-ring (bicyclic) bond motifs is 3. The first-order valence-electron chi connectivity index (χ1n) is 10.6. The van der Waals surface area contributed by atoms with E-state index in [-0.39, 0.29) is 42.8 Å².